The maximum absolute atomic E-state index is 12.7. The minimum absolute atomic E-state index is 0.0596. The van der Waals surface area contributed by atoms with E-state index >= 15 is 0 Å². The Balaban J connectivity index is 3.22. The first-order valence-corrected chi connectivity index (χ1v) is 2.90. The molecule has 0 N–H and O–H groups in total. The van der Waals surface area contributed by atoms with Crippen LogP contribution in [0.2, 0.25) is 0 Å². The molecule has 11 heavy (non-hydrogen) atoms. The summed E-state index contributed by atoms with van der Waals surface area (Å²) in [7, 11) is 0. The average molecular weight is 149 g/mol. The molecule has 0 atom stereocenters. The molecular weight excluding hydrogens is 145 g/mol. The number of aldehydes is 1. The van der Waals surface area contributed by atoms with Crippen LogP contribution in [0.15, 0.2) is 18.2 Å². The maximum Gasteiger partial charge on any atom is 0.222 e. The molecule has 3 heteroatoms. The van der Waals surface area contributed by atoms with E-state index in [0.29, 0.717) is 6.29 Å². The van der Waals surface area contributed by atoms with Crippen LogP contribution in [0.3, 0.4) is 0 Å². The number of carbonyl (C=O) groups is 1. The second-order valence-electron chi connectivity index (χ2n) is 1.94. The van der Waals surface area contributed by atoms with E-state index in [4.69, 9.17) is 6.57 Å². The van der Waals surface area contributed by atoms with Gasteiger partial charge in [0.1, 0.15) is 12.1 Å². The van der Waals surface area contributed by atoms with Crippen molar-refractivity contribution in [3.05, 3.63) is 41.0 Å². The fourth-order valence-corrected chi connectivity index (χ4v) is 0.687. The minimum Gasteiger partial charge on any atom is -0.298 e. The van der Waals surface area contributed by atoms with Gasteiger partial charge in [-0.25, -0.2) is 9.24 Å². The van der Waals surface area contributed by atoms with Crippen LogP contribution in [-0.2, 0) is 0 Å². The van der Waals surface area contributed by atoms with E-state index in [0.717, 1.165) is 6.07 Å². The summed E-state index contributed by atoms with van der Waals surface area (Å²) >= 11 is 0. The molecule has 0 aromatic heterocycles. The second-order valence-corrected chi connectivity index (χ2v) is 1.94. The lowest BCUT2D eigenvalue weighted by molar-refractivity contribution is 0.112. The quantitative estimate of drug-likeness (QED) is 0.443. The van der Waals surface area contributed by atoms with Gasteiger partial charge in [0.05, 0.1) is 6.57 Å². The highest BCUT2D eigenvalue weighted by Crippen LogP contribution is 2.17. The summed E-state index contributed by atoms with van der Waals surface area (Å²) in [5.74, 6) is -0.649. The van der Waals surface area contributed by atoms with Crippen LogP contribution < -0.4 is 0 Å². The van der Waals surface area contributed by atoms with Crippen LogP contribution in [-0.4, -0.2) is 6.29 Å². The number of hydrogen-bond donors (Lipinski definition) is 0. The number of halogens is 1. The van der Waals surface area contributed by atoms with E-state index < -0.39 is 5.82 Å². The third-order valence-electron chi connectivity index (χ3n) is 1.23. The van der Waals surface area contributed by atoms with Crippen LogP contribution in [0.4, 0.5) is 10.1 Å². The predicted octanol–water partition coefficient (Wildman–Crippen LogP) is 2.19. The van der Waals surface area contributed by atoms with Gasteiger partial charge in [0.2, 0.25) is 5.69 Å². The summed E-state index contributed by atoms with van der Waals surface area (Å²) in [5, 5.41) is 0. The van der Waals surface area contributed by atoms with Gasteiger partial charge in [0.25, 0.3) is 0 Å². The number of benzene rings is 1. The summed E-state index contributed by atoms with van der Waals surface area (Å²) in [4.78, 5) is 13.0. The Hall–Kier alpha value is -1.69. The zero-order chi connectivity index (χ0) is 8.27. The fourth-order valence-electron chi connectivity index (χ4n) is 0.687. The highest BCUT2D eigenvalue weighted by molar-refractivity contribution is 5.75. The van der Waals surface area contributed by atoms with Crippen LogP contribution >= 0.6 is 0 Å². The molecule has 0 heterocycles. The molecule has 0 aliphatic rings. The van der Waals surface area contributed by atoms with Crippen molar-refractivity contribution in [1.82, 2.24) is 0 Å². The lowest BCUT2D eigenvalue weighted by Gasteiger charge is -1.92. The van der Waals surface area contributed by atoms with Gasteiger partial charge in [0, 0.05) is 5.56 Å². The van der Waals surface area contributed by atoms with E-state index in [1.807, 2.05) is 0 Å². The Morgan fingerprint density at radius 2 is 2.27 bits per heavy atom. The third-order valence-corrected chi connectivity index (χ3v) is 1.23. The molecular formula is C8H4FNO. The standard InChI is InChI=1S/C8H4FNO/c1-10-8-3-2-6(5-11)4-7(8)9/h2-5H. The van der Waals surface area contributed by atoms with Crippen molar-refractivity contribution in [1.29, 1.82) is 0 Å². The van der Waals surface area contributed by atoms with Gasteiger partial charge < -0.3 is 0 Å². The van der Waals surface area contributed by atoms with Crippen molar-refractivity contribution in [2.75, 3.05) is 0 Å². The van der Waals surface area contributed by atoms with Gasteiger partial charge in [-0.15, -0.1) is 0 Å². The van der Waals surface area contributed by atoms with Gasteiger partial charge in [-0.1, -0.05) is 12.1 Å². The molecule has 0 bridgehead atoms. The Morgan fingerprint density at radius 1 is 1.55 bits per heavy atom. The summed E-state index contributed by atoms with van der Waals surface area (Å²) < 4.78 is 12.7. The Labute approximate surface area is 63.1 Å². The van der Waals surface area contributed by atoms with Gasteiger partial charge >= 0.3 is 0 Å². The van der Waals surface area contributed by atoms with Gasteiger partial charge in [0.15, 0.2) is 0 Å². The van der Waals surface area contributed by atoms with Gasteiger partial charge in [-0.2, -0.15) is 0 Å². The molecule has 0 aliphatic heterocycles. The molecule has 2 nitrogen and oxygen atoms in total. The molecule has 1 rings (SSSR count). The molecule has 1 aromatic rings. The summed E-state index contributed by atoms with van der Waals surface area (Å²) in [5.41, 5.74) is 0.186. The van der Waals surface area contributed by atoms with Crippen LogP contribution in [0.1, 0.15) is 10.4 Å². The Morgan fingerprint density at radius 3 is 2.73 bits per heavy atom. The lowest BCUT2D eigenvalue weighted by atomic mass is 10.2. The molecule has 0 radical (unpaired) electrons. The largest absolute Gasteiger partial charge is 0.298 e. The Bertz CT molecular complexity index is 327. The molecule has 0 aliphatic carbocycles. The molecule has 0 fully saturated rings. The molecule has 54 valence electrons. The van der Waals surface area contributed by atoms with E-state index in [1.165, 1.54) is 12.1 Å². The molecule has 1 aromatic carbocycles. The van der Waals surface area contributed by atoms with Crippen molar-refractivity contribution in [2.24, 2.45) is 0 Å². The number of hydrogen-bond acceptors (Lipinski definition) is 1. The minimum atomic E-state index is -0.649. The first kappa shape index (κ1) is 7.42. The van der Waals surface area contributed by atoms with E-state index in [-0.39, 0.29) is 11.3 Å². The highest BCUT2D eigenvalue weighted by Gasteiger charge is 2.00. The van der Waals surface area contributed by atoms with E-state index in [2.05, 4.69) is 4.85 Å². The lowest BCUT2D eigenvalue weighted by Crippen LogP contribution is -1.80. The first-order valence-electron chi connectivity index (χ1n) is 2.90. The monoisotopic (exact) mass is 149 g/mol. The van der Waals surface area contributed by atoms with Gasteiger partial charge in [-0.3, -0.25) is 4.79 Å². The molecule has 0 saturated carbocycles. The van der Waals surface area contributed by atoms with Crippen LogP contribution in [0.5, 0.6) is 0 Å². The molecule has 0 spiro atoms. The van der Waals surface area contributed by atoms with E-state index in [1.54, 1.807) is 0 Å². The Kier molecular flexibility index (Phi) is 1.98. The zero-order valence-corrected chi connectivity index (χ0v) is 5.54. The van der Waals surface area contributed by atoms with Crippen molar-refractivity contribution in [2.45, 2.75) is 0 Å². The third kappa shape index (κ3) is 1.41. The van der Waals surface area contributed by atoms with Crippen molar-refractivity contribution < 1.29 is 9.18 Å². The topological polar surface area (TPSA) is 21.4 Å². The normalized spacial score (nSPS) is 8.73. The average Bonchev–Trinajstić information content (AvgIpc) is 2.04. The van der Waals surface area contributed by atoms with Crippen molar-refractivity contribution in [3.63, 3.8) is 0 Å². The number of carbonyl (C=O) groups excluding carboxylic acids is 1. The highest BCUT2D eigenvalue weighted by atomic mass is 19.1. The smallest absolute Gasteiger partial charge is 0.222 e. The predicted molar refractivity (Wildman–Crippen MR) is 38.0 cm³/mol. The summed E-state index contributed by atoms with van der Waals surface area (Å²) in [6, 6.07) is 3.73. The summed E-state index contributed by atoms with van der Waals surface area (Å²) in [6.45, 7) is 6.51. The molecule has 0 unspecified atom stereocenters. The van der Waals surface area contributed by atoms with Gasteiger partial charge in [-0.05, 0) is 6.07 Å². The van der Waals surface area contributed by atoms with E-state index in [9.17, 15) is 9.18 Å². The second kappa shape index (κ2) is 2.93. The van der Waals surface area contributed by atoms with Crippen LogP contribution in [0, 0.1) is 12.4 Å². The first-order chi connectivity index (χ1) is 5.27. The number of rotatable bonds is 1. The molecule has 0 saturated heterocycles. The zero-order valence-electron chi connectivity index (χ0n) is 5.54. The van der Waals surface area contributed by atoms with Crippen molar-refractivity contribution in [3.8, 4) is 0 Å². The SMILES string of the molecule is [C-]#[N+]c1ccc(C=O)cc1F. The van der Waals surface area contributed by atoms with Crippen LogP contribution in [0.25, 0.3) is 4.85 Å². The summed E-state index contributed by atoms with van der Waals surface area (Å²) in [6.07, 6.45) is 0.538. The molecule has 0 amide bonds. The fraction of sp³-hybridized carbons (Fsp3) is 0. The maximum atomic E-state index is 12.7. The number of nitrogens with zero attached hydrogens (tertiary/aromatic N) is 1. The van der Waals surface area contributed by atoms with Crippen molar-refractivity contribution >= 4 is 12.0 Å².